The van der Waals surface area contributed by atoms with Crippen molar-refractivity contribution in [3.63, 3.8) is 0 Å². The zero-order valence-corrected chi connectivity index (χ0v) is 12.3. The Morgan fingerprint density at radius 1 is 1.09 bits per heavy atom. The molecule has 0 aliphatic rings. The number of benzene rings is 2. The molecule has 4 nitrogen and oxygen atoms in total. The average molecular weight is 330 g/mol. The summed E-state index contributed by atoms with van der Waals surface area (Å²) < 4.78 is 65.0. The van der Waals surface area contributed by atoms with Gasteiger partial charge < -0.3 is 5.73 Å². The summed E-state index contributed by atoms with van der Waals surface area (Å²) in [7, 11) is -3.98. The van der Waals surface area contributed by atoms with Gasteiger partial charge in [-0.3, -0.25) is 4.72 Å². The van der Waals surface area contributed by atoms with Gasteiger partial charge >= 0.3 is 6.18 Å². The molecule has 8 heteroatoms. The van der Waals surface area contributed by atoms with Gasteiger partial charge in [-0.25, -0.2) is 8.42 Å². The van der Waals surface area contributed by atoms with E-state index in [2.05, 4.69) is 4.72 Å². The molecule has 2 aromatic rings. The van der Waals surface area contributed by atoms with Gasteiger partial charge in [-0.05, 0) is 36.8 Å². The number of aryl methyl sites for hydroxylation is 1. The fourth-order valence-corrected chi connectivity index (χ4v) is 3.23. The van der Waals surface area contributed by atoms with Gasteiger partial charge in [0.25, 0.3) is 10.0 Å². The van der Waals surface area contributed by atoms with Crippen molar-refractivity contribution in [3.8, 4) is 0 Å². The maximum Gasteiger partial charge on any atom is 0.418 e. The third-order valence-corrected chi connectivity index (χ3v) is 4.54. The number of nitrogens with two attached hydrogens (primary N) is 1. The van der Waals surface area contributed by atoms with Crippen molar-refractivity contribution in [3.05, 3.63) is 53.6 Å². The van der Waals surface area contributed by atoms with Crippen LogP contribution in [0.25, 0.3) is 0 Å². The predicted octanol–water partition coefficient (Wildman–Crippen LogP) is 3.40. The maximum atomic E-state index is 12.8. The minimum atomic E-state index is -4.66. The van der Waals surface area contributed by atoms with E-state index in [0.29, 0.717) is 11.6 Å². The highest BCUT2D eigenvalue weighted by Gasteiger charge is 2.33. The Labute approximate surface area is 125 Å². The molecule has 2 rings (SSSR count). The van der Waals surface area contributed by atoms with E-state index >= 15 is 0 Å². The monoisotopic (exact) mass is 330 g/mol. The SMILES string of the molecule is Cc1ccccc1S(=O)(=O)Nc1ccc(N)c(C(F)(F)F)c1. The van der Waals surface area contributed by atoms with Gasteiger partial charge in [0.1, 0.15) is 0 Å². The Balaban J connectivity index is 2.41. The van der Waals surface area contributed by atoms with Crippen LogP contribution in [0, 0.1) is 6.92 Å². The molecule has 0 spiro atoms. The van der Waals surface area contributed by atoms with E-state index in [1.54, 1.807) is 19.1 Å². The average Bonchev–Trinajstić information content (AvgIpc) is 2.39. The van der Waals surface area contributed by atoms with E-state index in [-0.39, 0.29) is 10.6 Å². The van der Waals surface area contributed by atoms with Crippen LogP contribution in [0.2, 0.25) is 0 Å². The van der Waals surface area contributed by atoms with E-state index in [0.717, 1.165) is 6.07 Å². The van der Waals surface area contributed by atoms with Crippen LogP contribution < -0.4 is 10.5 Å². The first kappa shape index (κ1) is 16.2. The Kier molecular flexibility index (Phi) is 4.06. The van der Waals surface area contributed by atoms with Crippen LogP contribution in [0.3, 0.4) is 0 Å². The molecule has 0 unspecified atom stereocenters. The molecule has 2 aromatic carbocycles. The Hall–Kier alpha value is -2.22. The van der Waals surface area contributed by atoms with Crippen molar-refractivity contribution >= 4 is 21.4 Å². The molecule has 0 aromatic heterocycles. The van der Waals surface area contributed by atoms with Crippen LogP contribution in [0.4, 0.5) is 24.5 Å². The highest BCUT2D eigenvalue weighted by atomic mass is 32.2. The van der Waals surface area contributed by atoms with Gasteiger partial charge in [-0.15, -0.1) is 0 Å². The summed E-state index contributed by atoms with van der Waals surface area (Å²) in [6, 6.07) is 9.04. The Bertz CT molecular complexity index is 802. The molecule has 22 heavy (non-hydrogen) atoms. The van der Waals surface area contributed by atoms with Gasteiger partial charge in [0.05, 0.1) is 10.5 Å². The molecule has 0 amide bonds. The first-order valence-corrected chi connectivity index (χ1v) is 7.65. The number of sulfonamides is 1. The summed E-state index contributed by atoms with van der Waals surface area (Å²) in [5.41, 5.74) is 4.01. The van der Waals surface area contributed by atoms with Crippen molar-refractivity contribution in [1.82, 2.24) is 0 Å². The van der Waals surface area contributed by atoms with Crippen molar-refractivity contribution in [1.29, 1.82) is 0 Å². The number of rotatable bonds is 3. The van der Waals surface area contributed by atoms with Crippen LogP contribution in [-0.2, 0) is 16.2 Å². The summed E-state index contributed by atoms with van der Waals surface area (Å²) in [5, 5.41) is 0. The lowest BCUT2D eigenvalue weighted by Gasteiger charge is -2.14. The first-order chi connectivity index (χ1) is 10.1. The van der Waals surface area contributed by atoms with Crippen LogP contribution >= 0.6 is 0 Å². The van der Waals surface area contributed by atoms with Crippen molar-refractivity contribution in [2.24, 2.45) is 0 Å². The zero-order chi connectivity index (χ0) is 16.5. The van der Waals surface area contributed by atoms with E-state index in [1.165, 1.54) is 18.2 Å². The number of nitrogen functional groups attached to an aromatic ring is 1. The highest BCUT2D eigenvalue weighted by molar-refractivity contribution is 7.92. The second kappa shape index (κ2) is 5.53. The lowest BCUT2D eigenvalue weighted by molar-refractivity contribution is -0.136. The summed E-state index contributed by atoms with van der Waals surface area (Å²) in [6.45, 7) is 1.60. The van der Waals surface area contributed by atoms with Crippen molar-refractivity contribution in [2.45, 2.75) is 18.0 Å². The zero-order valence-electron chi connectivity index (χ0n) is 11.5. The lowest BCUT2D eigenvalue weighted by atomic mass is 10.1. The Morgan fingerprint density at radius 3 is 2.32 bits per heavy atom. The molecular formula is C14H13F3N2O2S. The van der Waals surface area contributed by atoms with Gasteiger partial charge in [0.15, 0.2) is 0 Å². The normalized spacial score (nSPS) is 12.2. The van der Waals surface area contributed by atoms with E-state index in [1.807, 2.05) is 0 Å². The van der Waals surface area contributed by atoms with E-state index in [9.17, 15) is 21.6 Å². The fourth-order valence-electron chi connectivity index (χ4n) is 1.93. The topological polar surface area (TPSA) is 72.2 Å². The standard InChI is InChI=1S/C14H13F3N2O2S/c1-9-4-2-3-5-13(9)22(20,21)19-10-6-7-12(18)11(8-10)14(15,16)17/h2-8,19H,18H2,1H3. The quantitative estimate of drug-likeness (QED) is 0.847. The molecule has 118 valence electrons. The van der Waals surface area contributed by atoms with E-state index in [4.69, 9.17) is 5.73 Å². The summed E-state index contributed by atoms with van der Waals surface area (Å²) >= 11 is 0. The molecule has 0 saturated heterocycles. The van der Waals surface area contributed by atoms with Crippen molar-refractivity contribution < 1.29 is 21.6 Å². The van der Waals surface area contributed by atoms with Crippen LogP contribution in [0.15, 0.2) is 47.4 Å². The first-order valence-electron chi connectivity index (χ1n) is 6.16. The van der Waals surface area contributed by atoms with E-state index < -0.39 is 27.5 Å². The van der Waals surface area contributed by atoms with Crippen LogP contribution in [0.1, 0.15) is 11.1 Å². The predicted molar refractivity (Wildman–Crippen MR) is 77.8 cm³/mol. The lowest BCUT2D eigenvalue weighted by Crippen LogP contribution is -2.15. The maximum absolute atomic E-state index is 12.8. The molecule has 0 radical (unpaired) electrons. The van der Waals surface area contributed by atoms with Gasteiger partial charge in [0.2, 0.25) is 0 Å². The number of hydrogen-bond acceptors (Lipinski definition) is 3. The number of nitrogens with one attached hydrogen (secondary N) is 1. The second-order valence-electron chi connectivity index (χ2n) is 4.67. The highest BCUT2D eigenvalue weighted by Crippen LogP contribution is 2.35. The molecule has 0 bridgehead atoms. The minimum absolute atomic E-state index is 0.000355. The molecule has 0 saturated carbocycles. The molecular weight excluding hydrogens is 317 g/mol. The number of alkyl halides is 3. The largest absolute Gasteiger partial charge is 0.418 e. The minimum Gasteiger partial charge on any atom is -0.398 e. The van der Waals surface area contributed by atoms with Crippen molar-refractivity contribution in [2.75, 3.05) is 10.5 Å². The van der Waals surface area contributed by atoms with Gasteiger partial charge in [-0.2, -0.15) is 13.2 Å². The third-order valence-electron chi connectivity index (χ3n) is 2.99. The third kappa shape index (κ3) is 3.33. The van der Waals surface area contributed by atoms with Gasteiger partial charge in [0, 0.05) is 11.4 Å². The van der Waals surface area contributed by atoms with Gasteiger partial charge in [-0.1, -0.05) is 18.2 Å². The molecule has 0 aliphatic heterocycles. The summed E-state index contributed by atoms with van der Waals surface area (Å²) in [4.78, 5) is 0.000355. The van der Waals surface area contributed by atoms with Crippen LogP contribution in [-0.4, -0.2) is 8.42 Å². The summed E-state index contributed by atoms with van der Waals surface area (Å²) in [5.74, 6) is 0. The second-order valence-corrected chi connectivity index (χ2v) is 6.32. The molecule has 3 N–H and O–H groups in total. The van der Waals surface area contributed by atoms with Crippen LogP contribution in [0.5, 0.6) is 0 Å². The number of hydrogen-bond donors (Lipinski definition) is 2. The summed E-state index contributed by atoms with van der Waals surface area (Å²) in [6.07, 6.45) is -4.66. The fraction of sp³-hybridized carbons (Fsp3) is 0.143. The number of halogens is 3. The molecule has 0 fully saturated rings. The smallest absolute Gasteiger partial charge is 0.398 e. The Morgan fingerprint density at radius 2 is 1.73 bits per heavy atom. The molecule has 0 aliphatic carbocycles. The molecule has 0 atom stereocenters. The number of anilines is 2. The molecule has 0 heterocycles.